The van der Waals surface area contributed by atoms with Gasteiger partial charge in [0.25, 0.3) is 8.32 Å². The summed E-state index contributed by atoms with van der Waals surface area (Å²) < 4.78 is 10.2. The van der Waals surface area contributed by atoms with Crippen molar-refractivity contribution in [1.82, 2.24) is 0 Å². The second kappa shape index (κ2) is 4.11. The van der Waals surface area contributed by atoms with Crippen molar-refractivity contribution in [2.24, 2.45) is 5.16 Å². The minimum Gasteiger partial charge on any atom is -0.456 e. The average molecular weight is 208 g/mol. The second-order valence-electron chi connectivity index (χ2n) is 3.76. The molecule has 0 radical (unpaired) electrons. The van der Waals surface area contributed by atoms with Crippen LogP contribution in [0.25, 0.3) is 0 Å². The van der Waals surface area contributed by atoms with Crippen LogP contribution in [0.1, 0.15) is 11.3 Å². The molecule has 0 N–H and O–H groups in total. The Hall–Kier alpha value is -1.54. The second-order valence-corrected chi connectivity index (χ2v) is 8.16. The summed E-state index contributed by atoms with van der Waals surface area (Å²) >= 11 is 0. The molecule has 0 spiro atoms. The van der Waals surface area contributed by atoms with E-state index in [9.17, 15) is 0 Å². The van der Waals surface area contributed by atoms with Gasteiger partial charge in [-0.15, -0.1) is 5.16 Å². The van der Waals surface area contributed by atoms with Crippen LogP contribution in [-0.2, 0) is 4.53 Å². The quantitative estimate of drug-likeness (QED) is 0.435. The van der Waals surface area contributed by atoms with E-state index in [-0.39, 0.29) is 5.76 Å². The summed E-state index contributed by atoms with van der Waals surface area (Å²) in [5.74, 6) is 0.257. The highest BCUT2D eigenvalue weighted by Gasteiger charge is 2.15. The van der Waals surface area contributed by atoms with Gasteiger partial charge in [-0.2, -0.15) is 5.26 Å². The number of hydrogen-bond acceptors (Lipinski definition) is 4. The van der Waals surface area contributed by atoms with Crippen LogP contribution in [0.4, 0.5) is 0 Å². The van der Waals surface area contributed by atoms with Gasteiger partial charge in [-0.05, 0) is 25.7 Å². The SMILES string of the molecule is C[Si](C)(C)O/N=C/c1ccoc1C#N. The van der Waals surface area contributed by atoms with Crippen molar-refractivity contribution in [3.8, 4) is 6.07 Å². The lowest BCUT2D eigenvalue weighted by Crippen LogP contribution is -2.22. The summed E-state index contributed by atoms with van der Waals surface area (Å²) in [6, 6.07) is 3.60. The van der Waals surface area contributed by atoms with Gasteiger partial charge in [-0.1, -0.05) is 0 Å². The smallest absolute Gasteiger partial charge is 0.278 e. The Morgan fingerprint density at radius 1 is 1.57 bits per heavy atom. The van der Waals surface area contributed by atoms with Gasteiger partial charge in [0.15, 0.2) is 0 Å². The maximum absolute atomic E-state index is 8.63. The number of nitriles is 1. The maximum Gasteiger partial charge on any atom is 0.278 e. The molecule has 1 rings (SSSR count). The molecule has 0 atom stereocenters. The van der Waals surface area contributed by atoms with Crippen LogP contribution in [-0.4, -0.2) is 14.5 Å². The Kier molecular flexibility index (Phi) is 3.09. The molecule has 0 aromatic carbocycles. The van der Waals surface area contributed by atoms with E-state index in [4.69, 9.17) is 14.2 Å². The molecule has 0 aliphatic rings. The van der Waals surface area contributed by atoms with Crippen LogP contribution in [0, 0.1) is 11.3 Å². The van der Waals surface area contributed by atoms with Crippen LogP contribution >= 0.6 is 0 Å². The first-order chi connectivity index (χ1) is 6.53. The predicted octanol–water partition coefficient (Wildman–Crippen LogP) is 2.34. The topological polar surface area (TPSA) is 58.5 Å². The summed E-state index contributed by atoms with van der Waals surface area (Å²) in [6.45, 7) is 6.10. The monoisotopic (exact) mass is 208 g/mol. The van der Waals surface area contributed by atoms with Gasteiger partial charge >= 0.3 is 0 Å². The fourth-order valence-electron chi connectivity index (χ4n) is 0.753. The summed E-state index contributed by atoms with van der Waals surface area (Å²) in [5, 5.41) is 12.4. The Labute approximate surface area is 83.9 Å². The molecule has 1 aromatic rings. The molecule has 0 aliphatic carbocycles. The number of oxime groups is 1. The molecule has 1 aromatic heterocycles. The highest BCUT2D eigenvalue weighted by atomic mass is 28.4. The fourth-order valence-corrected chi connectivity index (χ4v) is 1.12. The molecular weight excluding hydrogens is 196 g/mol. The Balaban J connectivity index is 2.66. The van der Waals surface area contributed by atoms with E-state index in [0.717, 1.165) is 0 Å². The highest BCUT2D eigenvalue weighted by Crippen LogP contribution is 2.07. The summed E-state index contributed by atoms with van der Waals surface area (Å²) in [5.41, 5.74) is 0.644. The third kappa shape index (κ3) is 3.07. The first-order valence-corrected chi connectivity index (χ1v) is 7.63. The lowest BCUT2D eigenvalue weighted by molar-refractivity contribution is 0.338. The molecule has 0 fully saturated rings. The Morgan fingerprint density at radius 3 is 2.86 bits per heavy atom. The van der Waals surface area contributed by atoms with E-state index in [1.165, 1.54) is 12.5 Å². The zero-order valence-corrected chi connectivity index (χ0v) is 9.44. The standard InChI is InChI=1S/C9H12N2O2Si/c1-14(2,3)13-11-7-8-4-5-12-9(8)6-10/h4-5,7H,1-3H3/b11-7+. The molecule has 1 heterocycles. The lowest BCUT2D eigenvalue weighted by atomic mass is 10.3. The van der Waals surface area contributed by atoms with Crippen molar-refractivity contribution >= 4 is 14.5 Å². The molecule has 0 amide bonds. The number of rotatable bonds is 3. The highest BCUT2D eigenvalue weighted by molar-refractivity contribution is 6.69. The van der Waals surface area contributed by atoms with E-state index in [1.807, 2.05) is 25.7 Å². The largest absolute Gasteiger partial charge is 0.456 e. The minimum absolute atomic E-state index is 0.257. The molecule has 0 unspecified atom stereocenters. The van der Waals surface area contributed by atoms with Gasteiger partial charge in [0.05, 0.1) is 18.0 Å². The van der Waals surface area contributed by atoms with E-state index in [2.05, 4.69) is 5.16 Å². The van der Waals surface area contributed by atoms with Gasteiger partial charge in [0, 0.05) is 0 Å². The zero-order chi connectivity index (χ0) is 10.6. The third-order valence-corrected chi connectivity index (χ3v) is 1.97. The van der Waals surface area contributed by atoms with E-state index in [1.54, 1.807) is 6.07 Å². The van der Waals surface area contributed by atoms with E-state index < -0.39 is 8.32 Å². The van der Waals surface area contributed by atoms with Crippen molar-refractivity contribution in [3.63, 3.8) is 0 Å². The number of furan rings is 1. The van der Waals surface area contributed by atoms with Gasteiger partial charge < -0.3 is 8.94 Å². The molecule has 4 nitrogen and oxygen atoms in total. The van der Waals surface area contributed by atoms with Crippen LogP contribution < -0.4 is 0 Å². The Morgan fingerprint density at radius 2 is 2.29 bits per heavy atom. The summed E-state index contributed by atoms with van der Waals surface area (Å²) in [6.07, 6.45) is 2.95. The van der Waals surface area contributed by atoms with Crippen molar-refractivity contribution in [3.05, 3.63) is 23.7 Å². The normalized spacial score (nSPS) is 11.6. The Bertz CT molecular complexity index is 371. The van der Waals surface area contributed by atoms with Gasteiger partial charge in [-0.3, -0.25) is 0 Å². The number of nitrogens with zero attached hydrogens (tertiary/aromatic N) is 2. The van der Waals surface area contributed by atoms with Crippen molar-refractivity contribution in [1.29, 1.82) is 5.26 Å². The zero-order valence-electron chi connectivity index (χ0n) is 8.44. The first-order valence-electron chi connectivity index (χ1n) is 4.22. The van der Waals surface area contributed by atoms with Gasteiger partial charge in [0.2, 0.25) is 5.76 Å². The van der Waals surface area contributed by atoms with Crippen molar-refractivity contribution in [2.45, 2.75) is 19.6 Å². The van der Waals surface area contributed by atoms with Gasteiger partial charge in [-0.25, -0.2) is 0 Å². The molecule has 14 heavy (non-hydrogen) atoms. The van der Waals surface area contributed by atoms with Crippen LogP contribution in [0.2, 0.25) is 19.6 Å². The third-order valence-electron chi connectivity index (χ3n) is 1.32. The average Bonchev–Trinajstić information content (AvgIpc) is 2.49. The van der Waals surface area contributed by atoms with Crippen molar-refractivity contribution < 1.29 is 8.94 Å². The molecular formula is C9H12N2O2Si. The minimum atomic E-state index is -1.63. The maximum atomic E-state index is 8.63. The van der Waals surface area contributed by atoms with E-state index >= 15 is 0 Å². The van der Waals surface area contributed by atoms with Crippen LogP contribution in [0.3, 0.4) is 0 Å². The fraction of sp³-hybridized carbons (Fsp3) is 0.333. The summed E-state index contributed by atoms with van der Waals surface area (Å²) in [4.78, 5) is 0. The molecule has 5 heteroatoms. The van der Waals surface area contributed by atoms with Crippen LogP contribution in [0.5, 0.6) is 0 Å². The van der Waals surface area contributed by atoms with E-state index in [0.29, 0.717) is 5.56 Å². The first kappa shape index (κ1) is 10.5. The van der Waals surface area contributed by atoms with Crippen molar-refractivity contribution in [2.75, 3.05) is 0 Å². The molecule has 0 bridgehead atoms. The lowest BCUT2D eigenvalue weighted by Gasteiger charge is -2.11. The molecule has 0 aliphatic heterocycles. The van der Waals surface area contributed by atoms with Crippen LogP contribution in [0.15, 0.2) is 21.9 Å². The predicted molar refractivity (Wildman–Crippen MR) is 55.4 cm³/mol. The summed E-state index contributed by atoms with van der Waals surface area (Å²) in [7, 11) is -1.63. The van der Waals surface area contributed by atoms with Gasteiger partial charge in [0.1, 0.15) is 6.07 Å². The molecule has 74 valence electrons. The molecule has 0 saturated carbocycles. The molecule has 0 saturated heterocycles. The number of hydrogen-bond donors (Lipinski definition) is 0.